The number of aromatic nitrogens is 1. The minimum absolute atomic E-state index is 0.0390. The Kier molecular flexibility index (Phi) is 4.82. The lowest BCUT2D eigenvalue weighted by Gasteiger charge is -2.43. The first-order chi connectivity index (χ1) is 12.3. The van der Waals surface area contributed by atoms with Gasteiger partial charge in [0.1, 0.15) is 0 Å². The molecule has 0 bridgehead atoms. The van der Waals surface area contributed by atoms with Gasteiger partial charge >= 0.3 is 0 Å². The van der Waals surface area contributed by atoms with Gasteiger partial charge in [-0.1, -0.05) is 18.2 Å². The Morgan fingerprint density at radius 1 is 1.32 bits per heavy atom. The molecule has 2 unspecified atom stereocenters. The molecule has 136 valence electrons. The Labute approximate surface area is 148 Å². The fourth-order valence-electron chi connectivity index (χ4n) is 4.82. The number of rotatable bonds is 6. The number of H-pyrrole nitrogens is 1. The van der Waals surface area contributed by atoms with Crippen molar-refractivity contribution in [1.29, 1.82) is 0 Å². The van der Waals surface area contributed by atoms with Gasteiger partial charge in [-0.15, -0.1) is 0 Å². The Hall–Kier alpha value is -1.40. The van der Waals surface area contributed by atoms with E-state index in [2.05, 4.69) is 34.1 Å². The molecular weight excluding hydrogens is 316 g/mol. The maximum Gasteiger partial charge on any atom is 0.0847 e. The molecule has 2 aliphatic rings. The van der Waals surface area contributed by atoms with E-state index < -0.39 is 0 Å². The van der Waals surface area contributed by atoms with Crippen molar-refractivity contribution in [1.82, 2.24) is 9.88 Å². The molecule has 0 amide bonds. The van der Waals surface area contributed by atoms with Crippen LogP contribution in [0.1, 0.15) is 31.2 Å². The van der Waals surface area contributed by atoms with Crippen molar-refractivity contribution >= 4 is 10.9 Å². The molecule has 25 heavy (non-hydrogen) atoms. The maximum absolute atomic E-state index is 9.04. The van der Waals surface area contributed by atoms with Gasteiger partial charge in [-0.25, -0.2) is 0 Å². The number of para-hydroxylation sites is 1. The Bertz CT molecular complexity index is 716. The standard InChI is InChI=1S/C20H28N2O3/c1-24-20-7-5-17(25-12-11-23)13-18(20)22(10-8-20)14-16-4-2-3-15-6-9-21-19(15)16/h2-4,6,9,17-18,21,23H,5,7-8,10-14H2,1H3/t17?,18?,20-/m1/s1. The van der Waals surface area contributed by atoms with E-state index in [1.54, 1.807) is 0 Å². The van der Waals surface area contributed by atoms with Gasteiger partial charge in [0.15, 0.2) is 0 Å². The van der Waals surface area contributed by atoms with Crippen molar-refractivity contribution < 1.29 is 14.6 Å². The molecule has 0 spiro atoms. The number of nitrogens with one attached hydrogen (secondary N) is 1. The molecule has 2 heterocycles. The predicted octanol–water partition coefficient (Wildman–Crippen LogP) is 2.69. The fraction of sp³-hybridized carbons (Fsp3) is 0.600. The van der Waals surface area contributed by atoms with Gasteiger partial charge in [-0.05, 0) is 42.7 Å². The van der Waals surface area contributed by atoms with Crippen LogP contribution >= 0.6 is 0 Å². The lowest BCUT2D eigenvalue weighted by molar-refractivity contribution is -0.104. The number of benzene rings is 1. The lowest BCUT2D eigenvalue weighted by Crippen LogP contribution is -2.51. The normalized spacial score (nSPS) is 30.0. The maximum atomic E-state index is 9.04. The number of nitrogens with zero attached hydrogens (tertiary/aromatic N) is 1. The number of aliphatic hydroxyl groups excluding tert-OH is 1. The van der Waals surface area contributed by atoms with Crippen LogP contribution in [0.2, 0.25) is 0 Å². The number of aliphatic hydroxyl groups is 1. The van der Waals surface area contributed by atoms with Crippen LogP contribution in [-0.2, 0) is 16.0 Å². The van der Waals surface area contributed by atoms with Crippen molar-refractivity contribution in [3.63, 3.8) is 0 Å². The summed E-state index contributed by atoms with van der Waals surface area (Å²) >= 11 is 0. The average molecular weight is 344 g/mol. The molecule has 2 aromatic rings. The largest absolute Gasteiger partial charge is 0.394 e. The third-order valence-corrected chi connectivity index (χ3v) is 6.14. The van der Waals surface area contributed by atoms with E-state index in [0.29, 0.717) is 12.6 Å². The van der Waals surface area contributed by atoms with Crippen molar-refractivity contribution in [2.24, 2.45) is 0 Å². The highest BCUT2D eigenvalue weighted by atomic mass is 16.5. The van der Waals surface area contributed by atoms with Crippen LogP contribution in [0.4, 0.5) is 0 Å². The van der Waals surface area contributed by atoms with Gasteiger partial charge < -0.3 is 19.6 Å². The van der Waals surface area contributed by atoms with Crippen LogP contribution in [0.25, 0.3) is 10.9 Å². The summed E-state index contributed by atoms with van der Waals surface area (Å²) in [6, 6.07) is 9.01. The van der Waals surface area contributed by atoms with Crippen LogP contribution in [0.5, 0.6) is 0 Å². The topological polar surface area (TPSA) is 57.7 Å². The molecular formula is C20H28N2O3. The van der Waals surface area contributed by atoms with Crippen molar-refractivity contribution in [2.45, 2.75) is 50.0 Å². The third kappa shape index (κ3) is 3.10. The molecule has 5 nitrogen and oxygen atoms in total. The minimum Gasteiger partial charge on any atom is -0.394 e. The van der Waals surface area contributed by atoms with Gasteiger partial charge in [0.05, 0.1) is 24.9 Å². The number of ether oxygens (including phenoxy) is 2. The van der Waals surface area contributed by atoms with Gasteiger partial charge in [0.25, 0.3) is 0 Å². The number of fused-ring (bicyclic) bond motifs is 2. The zero-order chi connectivity index (χ0) is 17.3. The second kappa shape index (κ2) is 7.08. The van der Waals surface area contributed by atoms with Gasteiger partial charge in [-0.3, -0.25) is 4.90 Å². The number of methoxy groups -OCH3 is 1. The fourth-order valence-corrected chi connectivity index (χ4v) is 4.82. The molecule has 0 radical (unpaired) electrons. The minimum atomic E-state index is -0.0390. The first-order valence-corrected chi connectivity index (χ1v) is 9.32. The summed E-state index contributed by atoms with van der Waals surface area (Å²) in [5, 5.41) is 10.3. The first-order valence-electron chi connectivity index (χ1n) is 9.32. The highest BCUT2D eigenvalue weighted by Crippen LogP contribution is 2.43. The molecule has 1 aromatic carbocycles. The monoisotopic (exact) mass is 344 g/mol. The molecule has 1 saturated heterocycles. The number of likely N-dealkylation sites (tertiary alicyclic amines) is 1. The van der Waals surface area contributed by atoms with E-state index in [1.165, 1.54) is 16.5 Å². The van der Waals surface area contributed by atoms with Crippen molar-refractivity contribution in [3.05, 3.63) is 36.0 Å². The second-order valence-electron chi connectivity index (χ2n) is 7.35. The Balaban J connectivity index is 1.54. The van der Waals surface area contributed by atoms with E-state index in [1.807, 2.05) is 13.3 Å². The van der Waals surface area contributed by atoms with Crippen LogP contribution in [-0.4, -0.2) is 59.6 Å². The van der Waals surface area contributed by atoms with Crippen molar-refractivity contribution in [2.75, 3.05) is 26.9 Å². The summed E-state index contributed by atoms with van der Waals surface area (Å²) in [6.07, 6.45) is 6.35. The van der Waals surface area contributed by atoms with E-state index in [4.69, 9.17) is 14.6 Å². The number of hydrogen-bond donors (Lipinski definition) is 2. The number of aromatic amines is 1. The van der Waals surface area contributed by atoms with E-state index in [9.17, 15) is 0 Å². The zero-order valence-electron chi connectivity index (χ0n) is 14.9. The smallest absolute Gasteiger partial charge is 0.0847 e. The zero-order valence-corrected chi connectivity index (χ0v) is 14.9. The van der Waals surface area contributed by atoms with Crippen LogP contribution in [0.3, 0.4) is 0 Å². The molecule has 2 N–H and O–H groups in total. The van der Waals surface area contributed by atoms with E-state index in [0.717, 1.165) is 38.8 Å². The summed E-state index contributed by atoms with van der Waals surface area (Å²) in [5.41, 5.74) is 2.54. The third-order valence-electron chi connectivity index (χ3n) is 6.14. The molecule has 1 aromatic heterocycles. The van der Waals surface area contributed by atoms with Crippen LogP contribution in [0.15, 0.2) is 30.5 Å². The highest BCUT2D eigenvalue weighted by Gasteiger charge is 2.51. The van der Waals surface area contributed by atoms with E-state index >= 15 is 0 Å². The van der Waals surface area contributed by atoms with Crippen molar-refractivity contribution in [3.8, 4) is 0 Å². The lowest BCUT2D eigenvalue weighted by atomic mass is 9.79. The highest BCUT2D eigenvalue weighted by molar-refractivity contribution is 5.82. The summed E-state index contributed by atoms with van der Waals surface area (Å²) in [4.78, 5) is 5.95. The molecule has 1 aliphatic carbocycles. The summed E-state index contributed by atoms with van der Waals surface area (Å²) < 4.78 is 11.9. The van der Waals surface area contributed by atoms with Gasteiger partial charge in [0.2, 0.25) is 0 Å². The van der Waals surface area contributed by atoms with Gasteiger partial charge in [0, 0.05) is 38.0 Å². The molecule has 3 atom stereocenters. The average Bonchev–Trinajstić information content (AvgIpc) is 3.26. The summed E-state index contributed by atoms with van der Waals surface area (Å²) in [5.74, 6) is 0. The Morgan fingerprint density at radius 3 is 3.08 bits per heavy atom. The van der Waals surface area contributed by atoms with Gasteiger partial charge in [-0.2, -0.15) is 0 Å². The van der Waals surface area contributed by atoms with E-state index in [-0.39, 0.29) is 18.3 Å². The first kappa shape index (κ1) is 17.0. The summed E-state index contributed by atoms with van der Waals surface area (Å²) in [6.45, 7) is 2.51. The molecule has 5 heteroatoms. The molecule has 2 fully saturated rings. The Morgan fingerprint density at radius 2 is 2.24 bits per heavy atom. The predicted molar refractivity (Wildman–Crippen MR) is 97.5 cm³/mol. The number of hydrogen-bond acceptors (Lipinski definition) is 4. The van der Waals surface area contributed by atoms with Crippen LogP contribution < -0.4 is 0 Å². The van der Waals surface area contributed by atoms with Crippen LogP contribution in [0, 0.1) is 0 Å². The second-order valence-corrected chi connectivity index (χ2v) is 7.35. The molecule has 1 aliphatic heterocycles. The SMILES string of the molecule is CO[C@@]12CCC(OCCO)CC1N(Cc1cccc3cc[nH]c13)CC2. The molecule has 4 rings (SSSR count). The summed E-state index contributed by atoms with van der Waals surface area (Å²) in [7, 11) is 1.86. The molecule has 1 saturated carbocycles. The quantitative estimate of drug-likeness (QED) is 0.846.